The van der Waals surface area contributed by atoms with Gasteiger partial charge in [-0.1, -0.05) is 36.4 Å². The molecule has 1 N–H and O–H groups in total. The molecular formula is C25H26FN3O3S. The summed E-state index contributed by atoms with van der Waals surface area (Å²) in [6.45, 7) is 5.36. The van der Waals surface area contributed by atoms with Crippen molar-refractivity contribution in [3.63, 3.8) is 0 Å². The molecule has 1 aliphatic heterocycles. The van der Waals surface area contributed by atoms with E-state index in [1.807, 2.05) is 17.9 Å². The molecule has 0 radical (unpaired) electrons. The van der Waals surface area contributed by atoms with Crippen LogP contribution in [0.5, 0.6) is 0 Å². The first-order chi connectivity index (χ1) is 15.8. The molecule has 0 aliphatic carbocycles. The van der Waals surface area contributed by atoms with Gasteiger partial charge in [0.25, 0.3) is 15.9 Å². The van der Waals surface area contributed by atoms with Crippen LogP contribution in [0, 0.1) is 19.7 Å². The van der Waals surface area contributed by atoms with Crippen LogP contribution in [-0.2, 0) is 10.0 Å². The van der Waals surface area contributed by atoms with E-state index in [0.717, 1.165) is 5.56 Å². The Kier molecular flexibility index (Phi) is 6.37. The summed E-state index contributed by atoms with van der Waals surface area (Å²) in [6, 6.07) is 18.4. The first kappa shape index (κ1) is 22.8. The van der Waals surface area contributed by atoms with Crippen LogP contribution in [0.1, 0.15) is 21.5 Å². The van der Waals surface area contributed by atoms with Gasteiger partial charge in [-0.2, -0.15) is 0 Å². The van der Waals surface area contributed by atoms with Gasteiger partial charge in [-0.15, -0.1) is 0 Å². The van der Waals surface area contributed by atoms with E-state index in [9.17, 15) is 17.6 Å². The molecule has 3 aromatic carbocycles. The first-order valence-corrected chi connectivity index (χ1v) is 12.2. The average molecular weight is 468 g/mol. The highest BCUT2D eigenvalue weighted by Gasteiger charge is 2.26. The van der Waals surface area contributed by atoms with Crippen molar-refractivity contribution in [1.29, 1.82) is 0 Å². The Morgan fingerprint density at radius 1 is 0.909 bits per heavy atom. The van der Waals surface area contributed by atoms with E-state index >= 15 is 0 Å². The van der Waals surface area contributed by atoms with Crippen molar-refractivity contribution in [2.75, 3.05) is 35.8 Å². The van der Waals surface area contributed by atoms with Gasteiger partial charge in [0.05, 0.1) is 21.8 Å². The van der Waals surface area contributed by atoms with Crippen molar-refractivity contribution >= 4 is 27.3 Å². The molecule has 0 aromatic heterocycles. The number of benzene rings is 3. The monoisotopic (exact) mass is 467 g/mol. The van der Waals surface area contributed by atoms with E-state index in [2.05, 4.69) is 4.72 Å². The van der Waals surface area contributed by atoms with Gasteiger partial charge in [-0.25, -0.2) is 12.8 Å². The number of halogens is 1. The molecule has 8 heteroatoms. The Hall–Kier alpha value is -3.39. The molecule has 1 heterocycles. The number of sulfonamides is 1. The second-order valence-electron chi connectivity index (χ2n) is 8.15. The number of rotatable bonds is 5. The second kappa shape index (κ2) is 9.23. The van der Waals surface area contributed by atoms with Crippen molar-refractivity contribution in [1.82, 2.24) is 4.90 Å². The van der Waals surface area contributed by atoms with Gasteiger partial charge in [0.2, 0.25) is 0 Å². The number of hydrogen-bond acceptors (Lipinski definition) is 4. The minimum absolute atomic E-state index is 0.184. The normalized spacial score (nSPS) is 14.3. The highest BCUT2D eigenvalue weighted by atomic mass is 32.2. The number of anilines is 2. The van der Waals surface area contributed by atoms with Gasteiger partial charge in [-0.3, -0.25) is 9.52 Å². The smallest absolute Gasteiger partial charge is 0.262 e. The molecule has 0 spiro atoms. The van der Waals surface area contributed by atoms with Crippen molar-refractivity contribution in [2.45, 2.75) is 18.7 Å². The molecule has 33 heavy (non-hydrogen) atoms. The van der Waals surface area contributed by atoms with Crippen LogP contribution in [0.25, 0.3) is 0 Å². The number of nitrogens with one attached hydrogen (secondary N) is 1. The standard InChI is InChI=1S/C25H26FN3O3S/c1-18-11-12-19(2)24(17-18)33(31,32)27-22-9-5-3-7-20(22)25(30)29-15-13-28(14-16-29)23-10-6-4-8-21(23)26/h3-12,17,27H,13-16H2,1-2H3. The van der Waals surface area contributed by atoms with Gasteiger partial charge in [0.15, 0.2) is 0 Å². The maximum absolute atomic E-state index is 14.1. The Labute approximate surface area is 193 Å². The lowest BCUT2D eigenvalue weighted by atomic mass is 10.1. The lowest BCUT2D eigenvalue weighted by Crippen LogP contribution is -2.49. The van der Waals surface area contributed by atoms with E-state index in [1.165, 1.54) is 6.07 Å². The van der Waals surface area contributed by atoms with E-state index in [0.29, 0.717) is 37.4 Å². The molecule has 4 rings (SSSR count). The molecule has 0 atom stereocenters. The van der Waals surface area contributed by atoms with Gasteiger partial charge in [0.1, 0.15) is 5.82 Å². The minimum Gasteiger partial charge on any atom is -0.366 e. The highest BCUT2D eigenvalue weighted by molar-refractivity contribution is 7.92. The molecular weight excluding hydrogens is 441 g/mol. The summed E-state index contributed by atoms with van der Waals surface area (Å²) in [5, 5.41) is 0. The zero-order chi connectivity index (χ0) is 23.6. The van der Waals surface area contributed by atoms with Gasteiger partial charge >= 0.3 is 0 Å². The average Bonchev–Trinajstić information content (AvgIpc) is 2.81. The number of carbonyl (C=O) groups is 1. The SMILES string of the molecule is Cc1ccc(C)c(S(=O)(=O)Nc2ccccc2C(=O)N2CCN(c3ccccc3F)CC2)c1. The Morgan fingerprint density at radius 3 is 2.30 bits per heavy atom. The quantitative estimate of drug-likeness (QED) is 0.611. The number of carbonyl (C=O) groups excluding carboxylic acids is 1. The van der Waals surface area contributed by atoms with E-state index in [4.69, 9.17) is 0 Å². The summed E-state index contributed by atoms with van der Waals surface area (Å²) in [4.78, 5) is 17.0. The van der Waals surface area contributed by atoms with Crippen molar-refractivity contribution in [3.05, 3.63) is 89.2 Å². The van der Waals surface area contributed by atoms with Crippen LogP contribution in [0.4, 0.5) is 15.8 Å². The molecule has 0 saturated carbocycles. The second-order valence-corrected chi connectivity index (χ2v) is 9.80. The summed E-state index contributed by atoms with van der Waals surface area (Å²) in [7, 11) is -3.87. The molecule has 1 saturated heterocycles. The lowest BCUT2D eigenvalue weighted by molar-refractivity contribution is 0.0747. The first-order valence-electron chi connectivity index (χ1n) is 10.7. The Bertz CT molecular complexity index is 1290. The zero-order valence-electron chi connectivity index (χ0n) is 18.6. The number of nitrogens with zero attached hydrogens (tertiary/aromatic N) is 2. The molecule has 1 amide bonds. The van der Waals surface area contributed by atoms with Crippen LogP contribution in [0.3, 0.4) is 0 Å². The number of aryl methyl sites for hydroxylation is 2. The fraction of sp³-hybridized carbons (Fsp3) is 0.240. The number of amides is 1. The third-order valence-corrected chi connectivity index (χ3v) is 7.30. The summed E-state index contributed by atoms with van der Waals surface area (Å²) < 4.78 is 42.9. The van der Waals surface area contributed by atoms with Crippen molar-refractivity contribution < 1.29 is 17.6 Å². The molecule has 172 valence electrons. The molecule has 0 bridgehead atoms. The minimum atomic E-state index is -3.87. The van der Waals surface area contributed by atoms with Crippen LogP contribution < -0.4 is 9.62 Å². The fourth-order valence-corrected chi connectivity index (χ4v) is 5.39. The van der Waals surface area contributed by atoms with Crippen LogP contribution >= 0.6 is 0 Å². The highest BCUT2D eigenvalue weighted by Crippen LogP contribution is 2.25. The maximum atomic E-state index is 14.1. The summed E-state index contributed by atoms with van der Waals surface area (Å²) >= 11 is 0. The molecule has 1 fully saturated rings. The van der Waals surface area contributed by atoms with Crippen molar-refractivity contribution in [2.24, 2.45) is 0 Å². The topological polar surface area (TPSA) is 69.7 Å². The third-order valence-electron chi connectivity index (χ3n) is 5.79. The van der Waals surface area contributed by atoms with Gasteiger partial charge < -0.3 is 9.80 Å². The predicted molar refractivity (Wildman–Crippen MR) is 128 cm³/mol. The van der Waals surface area contributed by atoms with E-state index in [-0.39, 0.29) is 27.9 Å². The number of piperazine rings is 1. The maximum Gasteiger partial charge on any atom is 0.262 e. The fourth-order valence-electron chi connectivity index (χ4n) is 3.98. The van der Waals surface area contributed by atoms with Gasteiger partial charge in [-0.05, 0) is 55.3 Å². The number of hydrogen-bond donors (Lipinski definition) is 1. The van der Waals surface area contributed by atoms with Gasteiger partial charge in [0, 0.05) is 26.2 Å². The zero-order valence-corrected chi connectivity index (χ0v) is 19.4. The summed E-state index contributed by atoms with van der Waals surface area (Å²) in [5.41, 5.74) is 2.50. The van der Waals surface area contributed by atoms with E-state index < -0.39 is 10.0 Å². The summed E-state index contributed by atoms with van der Waals surface area (Å²) in [5.74, 6) is -0.550. The summed E-state index contributed by atoms with van der Waals surface area (Å²) in [6.07, 6.45) is 0. The van der Waals surface area contributed by atoms with Crippen molar-refractivity contribution in [3.8, 4) is 0 Å². The Balaban J connectivity index is 1.52. The molecule has 6 nitrogen and oxygen atoms in total. The number of para-hydroxylation sites is 2. The van der Waals surface area contributed by atoms with E-state index in [1.54, 1.807) is 66.4 Å². The predicted octanol–water partition coefficient (Wildman–Crippen LogP) is 4.21. The lowest BCUT2D eigenvalue weighted by Gasteiger charge is -2.36. The molecule has 3 aromatic rings. The largest absolute Gasteiger partial charge is 0.366 e. The van der Waals surface area contributed by atoms with Crippen LogP contribution in [0.2, 0.25) is 0 Å². The Morgan fingerprint density at radius 2 is 1.58 bits per heavy atom. The molecule has 0 unspecified atom stereocenters. The van der Waals surface area contributed by atoms with Crippen LogP contribution in [0.15, 0.2) is 71.6 Å². The third kappa shape index (κ3) is 4.85. The molecule has 1 aliphatic rings. The van der Waals surface area contributed by atoms with Crippen LogP contribution in [-0.4, -0.2) is 45.4 Å².